The van der Waals surface area contributed by atoms with Gasteiger partial charge in [0, 0.05) is 11.5 Å². The average Bonchev–Trinajstić information content (AvgIpc) is 3.45. The lowest BCUT2D eigenvalue weighted by molar-refractivity contribution is 0.0914. The molecule has 0 bridgehead atoms. The highest BCUT2D eigenvalue weighted by atomic mass is 32.2. The van der Waals surface area contributed by atoms with Crippen molar-refractivity contribution in [1.29, 1.82) is 0 Å². The molecule has 3 aromatic rings. The maximum Gasteiger partial charge on any atom is 0.264 e. The van der Waals surface area contributed by atoms with E-state index in [0.717, 1.165) is 34.6 Å². The molecule has 2 aromatic carbocycles. The molecule has 0 saturated carbocycles. The number of hydrogen-bond donors (Lipinski definition) is 0. The molecule has 1 saturated heterocycles. The fraction of sp³-hybridized carbons (Fsp3) is 0.364. The maximum absolute atomic E-state index is 13.7. The first-order valence-electron chi connectivity index (χ1n) is 9.74. The number of thiazole rings is 1. The zero-order valence-corrected chi connectivity index (χ0v) is 18.8. The number of amides is 1. The van der Waals surface area contributed by atoms with Crippen molar-refractivity contribution in [3.05, 3.63) is 42.0 Å². The van der Waals surface area contributed by atoms with Crippen molar-refractivity contribution in [2.24, 2.45) is 0 Å². The second kappa shape index (κ2) is 9.24. The summed E-state index contributed by atoms with van der Waals surface area (Å²) in [5.74, 6) is 0.772. The van der Waals surface area contributed by atoms with Gasteiger partial charge in [-0.15, -0.1) is 11.8 Å². The SMILES string of the molecule is COc1cccc(C(=O)N(CC2CCCO2)c2nc3c(SC)cccc3s2)c1OC. The van der Waals surface area contributed by atoms with Gasteiger partial charge >= 0.3 is 0 Å². The summed E-state index contributed by atoms with van der Waals surface area (Å²) < 4.78 is 17.8. The summed E-state index contributed by atoms with van der Waals surface area (Å²) in [7, 11) is 3.11. The van der Waals surface area contributed by atoms with Gasteiger partial charge in [-0.2, -0.15) is 0 Å². The number of carbonyl (C=O) groups excluding carboxylic acids is 1. The molecule has 1 atom stereocenters. The van der Waals surface area contributed by atoms with Crippen LogP contribution in [0.2, 0.25) is 0 Å². The smallest absolute Gasteiger partial charge is 0.264 e. The highest BCUT2D eigenvalue weighted by Gasteiger charge is 2.29. The van der Waals surface area contributed by atoms with Gasteiger partial charge in [-0.1, -0.05) is 23.5 Å². The Kier molecular flexibility index (Phi) is 6.46. The van der Waals surface area contributed by atoms with E-state index >= 15 is 0 Å². The monoisotopic (exact) mass is 444 g/mol. The maximum atomic E-state index is 13.7. The van der Waals surface area contributed by atoms with Crippen LogP contribution in [0.3, 0.4) is 0 Å². The first-order valence-corrected chi connectivity index (χ1v) is 11.8. The van der Waals surface area contributed by atoms with Crippen molar-refractivity contribution in [2.75, 3.05) is 38.5 Å². The zero-order valence-electron chi connectivity index (χ0n) is 17.2. The van der Waals surface area contributed by atoms with Crippen LogP contribution in [0.1, 0.15) is 23.2 Å². The molecule has 1 amide bonds. The molecule has 6 nitrogen and oxygen atoms in total. The minimum absolute atomic E-state index is 0.00224. The van der Waals surface area contributed by atoms with Gasteiger partial charge < -0.3 is 14.2 Å². The van der Waals surface area contributed by atoms with Gasteiger partial charge in [0.05, 0.1) is 42.6 Å². The molecule has 8 heteroatoms. The third-order valence-electron chi connectivity index (χ3n) is 5.11. The highest BCUT2D eigenvalue weighted by molar-refractivity contribution is 7.98. The Morgan fingerprint density at radius 2 is 2.10 bits per heavy atom. The molecule has 1 unspecified atom stereocenters. The molecule has 2 heterocycles. The summed E-state index contributed by atoms with van der Waals surface area (Å²) in [5.41, 5.74) is 1.37. The first-order chi connectivity index (χ1) is 14.7. The molecule has 30 heavy (non-hydrogen) atoms. The fourth-order valence-corrected chi connectivity index (χ4v) is 5.26. The van der Waals surface area contributed by atoms with E-state index in [4.69, 9.17) is 19.2 Å². The van der Waals surface area contributed by atoms with E-state index in [2.05, 4.69) is 0 Å². The molecule has 4 rings (SSSR count). The normalized spacial score (nSPS) is 16.0. The lowest BCUT2D eigenvalue weighted by atomic mass is 10.1. The van der Waals surface area contributed by atoms with Crippen LogP contribution in [-0.4, -0.2) is 50.6 Å². The summed E-state index contributed by atoms with van der Waals surface area (Å²) >= 11 is 3.17. The van der Waals surface area contributed by atoms with Crippen LogP contribution in [0.25, 0.3) is 10.2 Å². The number of anilines is 1. The van der Waals surface area contributed by atoms with Crippen molar-refractivity contribution in [3.63, 3.8) is 0 Å². The van der Waals surface area contributed by atoms with Crippen LogP contribution < -0.4 is 14.4 Å². The third kappa shape index (κ3) is 3.99. The molecule has 0 aliphatic carbocycles. The van der Waals surface area contributed by atoms with Crippen LogP contribution >= 0.6 is 23.1 Å². The lowest BCUT2D eigenvalue weighted by Gasteiger charge is -2.24. The second-order valence-electron chi connectivity index (χ2n) is 6.90. The number of hydrogen-bond acceptors (Lipinski definition) is 7. The molecular formula is C22H24N2O4S2. The minimum atomic E-state index is -0.175. The summed E-state index contributed by atoms with van der Waals surface area (Å²) in [6.45, 7) is 1.18. The van der Waals surface area contributed by atoms with Crippen LogP contribution in [0, 0.1) is 0 Å². The first kappa shape index (κ1) is 21.0. The number of nitrogens with zero attached hydrogens (tertiary/aromatic N) is 2. The Bertz CT molecular complexity index is 1050. The number of aromatic nitrogens is 1. The molecule has 0 spiro atoms. The summed E-state index contributed by atoms with van der Waals surface area (Å²) in [6, 6.07) is 11.4. The van der Waals surface area contributed by atoms with E-state index in [9.17, 15) is 4.79 Å². The predicted octanol–water partition coefficient (Wildman–Crippen LogP) is 4.86. The third-order valence-corrected chi connectivity index (χ3v) is 6.92. The Hall–Kier alpha value is -2.29. The molecule has 1 aliphatic rings. The zero-order chi connectivity index (χ0) is 21.1. The number of methoxy groups -OCH3 is 2. The molecule has 0 N–H and O–H groups in total. The van der Waals surface area contributed by atoms with Crippen LogP contribution in [0.5, 0.6) is 11.5 Å². The highest BCUT2D eigenvalue weighted by Crippen LogP contribution is 2.37. The molecular weight excluding hydrogens is 420 g/mol. The van der Waals surface area contributed by atoms with Crippen molar-refractivity contribution < 1.29 is 19.0 Å². The number of rotatable bonds is 7. The van der Waals surface area contributed by atoms with E-state index in [1.165, 1.54) is 11.3 Å². The Morgan fingerprint density at radius 3 is 2.80 bits per heavy atom. The number of thioether (sulfide) groups is 1. The Balaban J connectivity index is 1.78. The fourth-order valence-electron chi connectivity index (χ4n) is 3.63. The molecule has 0 radical (unpaired) electrons. The Morgan fingerprint density at radius 1 is 1.27 bits per heavy atom. The number of benzene rings is 2. The van der Waals surface area contributed by atoms with Gasteiger partial charge in [0.1, 0.15) is 0 Å². The lowest BCUT2D eigenvalue weighted by Crippen LogP contribution is -2.37. The standard InChI is InChI=1S/C22H24N2O4S2/c1-26-16-9-4-8-15(20(16)27-2)21(25)24(13-14-7-6-12-28-14)22-23-19-17(29-3)10-5-11-18(19)30-22/h4-5,8-11,14H,6-7,12-13H2,1-3H3. The van der Waals surface area contributed by atoms with Gasteiger partial charge in [0.25, 0.3) is 5.91 Å². The van der Waals surface area contributed by atoms with Gasteiger partial charge in [-0.05, 0) is 43.4 Å². The summed E-state index contributed by atoms with van der Waals surface area (Å²) in [5, 5.41) is 0.664. The molecule has 1 fully saturated rings. The molecule has 1 aliphatic heterocycles. The van der Waals surface area contributed by atoms with Crippen LogP contribution in [0.15, 0.2) is 41.3 Å². The van der Waals surface area contributed by atoms with Crippen molar-refractivity contribution in [3.8, 4) is 11.5 Å². The number of fused-ring (bicyclic) bond motifs is 1. The van der Waals surface area contributed by atoms with Crippen LogP contribution in [-0.2, 0) is 4.74 Å². The topological polar surface area (TPSA) is 60.9 Å². The van der Waals surface area contributed by atoms with Gasteiger partial charge in [0.15, 0.2) is 16.6 Å². The van der Waals surface area contributed by atoms with Crippen molar-refractivity contribution >= 4 is 44.4 Å². The van der Waals surface area contributed by atoms with Crippen molar-refractivity contribution in [2.45, 2.75) is 23.8 Å². The van der Waals surface area contributed by atoms with E-state index in [0.29, 0.717) is 28.7 Å². The van der Waals surface area contributed by atoms with Crippen LogP contribution in [0.4, 0.5) is 5.13 Å². The van der Waals surface area contributed by atoms with E-state index in [-0.39, 0.29) is 12.0 Å². The second-order valence-corrected chi connectivity index (χ2v) is 8.75. The Labute approximate surface area is 184 Å². The van der Waals surface area contributed by atoms with Gasteiger partial charge in [-0.25, -0.2) is 4.98 Å². The summed E-state index contributed by atoms with van der Waals surface area (Å²) in [4.78, 5) is 21.4. The van der Waals surface area contributed by atoms with E-state index < -0.39 is 0 Å². The number of ether oxygens (including phenoxy) is 3. The van der Waals surface area contributed by atoms with Gasteiger partial charge in [-0.3, -0.25) is 9.69 Å². The predicted molar refractivity (Wildman–Crippen MR) is 122 cm³/mol. The molecule has 158 valence electrons. The average molecular weight is 445 g/mol. The minimum Gasteiger partial charge on any atom is -0.493 e. The number of carbonyl (C=O) groups is 1. The number of para-hydroxylation sites is 2. The van der Waals surface area contributed by atoms with Gasteiger partial charge in [0.2, 0.25) is 0 Å². The molecule has 1 aromatic heterocycles. The largest absolute Gasteiger partial charge is 0.493 e. The van der Waals surface area contributed by atoms with E-state index in [1.54, 1.807) is 49.1 Å². The van der Waals surface area contributed by atoms with E-state index in [1.807, 2.05) is 24.5 Å². The summed E-state index contributed by atoms with van der Waals surface area (Å²) in [6.07, 6.45) is 3.97. The quantitative estimate of drug-likeness (QED) is 0.485. The van der Waals surface area contributed by atoms with Crippen molar-refractivity contribution in [1.82, 2.24) is 4.98 Å².